The van der Waals surface area contributed by atoms with Crippen molar-refractivity contribution in [3.05, 3.63) is 33.3 Å². The Morgan fingerprint density at radius 2 is 1.86 bits per heavy atom. The number of halogens is 1. The van der Waals surface area contributed by atoms with Gasteiger partial charge in [0.1, 0.15) is 0 Å². The molecule has 78 valence electrons. The highest BCUT2D eigenvalue weighted by Gasteiger charge is 2.14. The number of benzene rings is 1. The molecule has 0 bridgehead atoms. The molecule has 2 N–H and O–H groups in total. The Labute approximate surface area is 94.8 Å². The molecule has 0 aliphatic carbocycles. The minimum atomic E-state index is -0.141. The highest BCUT2D eigenvalue weighted by atomic mass is 79.9. The van der Waals surface area contributed by atoms with Crippen LogP contribution >= 0.6 is 15.9 Å². The van der Waals surface area contributed by atoms with Crippen molar-refractivity contribution in [2.45, 2.75) is 39.7 Å². The van der Waals surface area contributed by atoms with Crippen LogP contribution in [0.15, 0.2) is 16.6 Å². The first-order valence-corrected chi connectivity index (χ1v) is 5.63. The second kappa shape index (κ2) is 4.03. The van der Waals surface area contributed by atoms with Crippen molar-refractivity contribution in [1.82, 2.24) is 0 Å². The topological polar surface area (TPSA) is 26.0 Å². The van der Waals surface area contributed by atoms with E-state index in [1.807, 2.05) is 0 Å². The van der Waals surface area contributed by atoms with Crippen LogP contribution in [0, 0.1) is 13.8 Å². The molecule has 0 spiro atoms. The molecule has 1 rings (SSSR count). The van der Waals surface area contributed by atoms with E-state index in [2.05, 4.69) is 55.8 Å². The van der Waals surface area contributed by atoms with E-state index in [1.54, 1.807) is 0 Å². The zero-order valence-electron chi connectivity index (χ0n) is 9.32. The molecule has 0 aliphatic heterocycles. The van der Waals surface area contributed by atoms with Gasteiger partial charge < -0.3 is 5.73 Å². The van der Waals surface area contributed by atoms with Crippen molar-refractivity contribution in [1.29, 1.82) is 0 Å². The Bertz CT molecular complexity index is 337. The Morgan fingerprint density at radius 1 is 1.29 bits per heavy atom. The quantitative estimate of drug-likeness (QED) is 0.862. The highest BCUT2D eigenvalue weighted by molar-refractivity contribution is 9.10. The first-order chi connectivity index (χ1) is 6.29. The number of rotatable bonds is 2. The summed E-state index contributed by atoms with van der Waals surface area (Å²) in [7, 11) is 0. The van der Waals surface area contributed by atoms with Gasteiger partial charge >= 0.3 is 0 Å². The average molecular weight is 256 g/mol. The molecule has 2 heteroatoms. The third-order valence-electron chi connectivity index (χ3n) is 2.24. The number of aryl methyl sites for hydroxylation is 1. The molecule has 0 aromatic heterocycles. The molecule has 0 radical (unpaired) electrons. The first-order valence-electron chi connectivity index (χ1n) is 4.84. The van der Waals surface area contributed by atoms with Gasteiger partial charge in [0.05, 0.1) is 0 Å². The Balaban J connectivity index is 3.09. The monoisotopic (exact) mass is 255 g/mol. The van der Waals surface area contributed by atoms with Crippen LogP contribution in [0.5, 0.6) is 0 Å². The van der Waals surface area contributed by atoms with E-state index in [0.29, 0.717) is 0 Å². The molecule has 0 saturated heterocycles. The van der Waals surface area contributed by atoms with Gasteiger partial charge in [-0.25, -0.2) is 0 Å². The summed E-state index contributed by atoms with van der Waals surface area (Å²) in [5.74, 6) is 0. The molecule has 0 unspecified atom stereocenters. The van der Waals surface area contributed by atoms with Crippen LogP contribution < -0.4 is 5.73 Å². The molecule has 0 saturated carbocycles. The fourth-order valence-corrected chi connectivity index (χ4v) is 2.18. The van der Waals surface area contributed by atoms with E-state index in [9.17, 15) is 0 Å². The maximum atomic E-state index is 6.02. The van der Waals surface area contributed by atoms with Crippen molar-refractivity contribution in [2.24, 2.45) is 5.73 Å². The lowest BCUT2D eigenvalue weighted by atomic mass is 9.92. The van der Waals surface area contributed by atoms with Gasteiger partial charge in [0, 0.05) is 10.0 Å². The van der Waals surface area contributed by atoms with Crippen LogP contribution in [0.1, 0.15) is 30.5 Å². The van der Waals surface area contributed by atoms with Gasteiger partial charge in [0.25, 0.3) is 0 Å². The van der Waals surface area contributed by atoms with Gasteiger partial charge in [-0.2, -0.15) is 0 Å². The van der Waals surface area contributed by atoms with Gasteiger partial charge in [-0.3, -0.25) is 0 Å². The van der Waals surface area contributed by atoms with E-state index in [0.717, 1.165) is 6.42 Å². The SMILES string of the molecule is Cc1cc(Br)c(C)c(CC(C)(C)N)c1. The standard InChI is InChI=1S/C12H18BrN/c1-8-5-10(7-12(3,4)14)9(2)11(13)6-8/h5-6H,7,14H2,1-4H3. The summed E-state index contributed by atoms with van der Waals surface area (Å²) < 4.78 is 1.18. The van der Waals surface area contributed by atoms with Gasteiger partial charge in [-0.15, -0.1) is 0 Å². The lowest BCUT2D eigenvalue weighted by Gasteiger charge is -2.20. The molecule has 0 heterocycles. The molecule has 1 nitrogen and oxygen atoms in total. The smallest absolute Gasteiger partial charge is 0.0209 e. The normalized spacial score (nSPS) is 11.9. The lowest BCUT2D eigenvalue weighted by Crippen LogP contribution is -2.34. The fourth-order valence-electron chi connectivity index (χ4n) is 1.56. The maximum Gasteiger partial charge on any atom is 0.0209 e. The van der Waals surface area contributed by atoms with Crippen LogP contribution in [0.3, 0.4) is 0 Å². The predicted octanol–water partition coefficient (Wildman–Crippen LogP) is 3.35. The van der Waals surface area contributed by atoms with Crippen LogP contribution in [-0.4, -0.2) is 5.54 Å². The summed E-state index contributed by atoms with van der Waals surface area (Å²) in [5, 5.41) is 0. The van der Waals surface area contributed by atoms with Gasteiger partial charge in [0.2, 0.25) is 0 Å². The van der Waals surface area contributed by atoms with Gasteiger partial charge in [-0.05, 0) is 56.9 Å². The van der Waals surface area contributed by atoms with Crippen LogP contribution in [0.25, 0.3) is 0 Å². The van der Waals surface area contributed by atoms with Gasteiger partial charge in [0.15, 0.2) is 0 Å². The van der Waals surface area contributed by atoms with E-state index in [1.165, 1.54) is 21.2 Å². The zero-order chi connectivity index (χ0) is 10.9. The summed E-state index contributed by atoms with van der Waals surface area (Å²) in [5.41, 5.74) is 9.80. The third-order valence-corrected chi connectivity index (χ3v) is 3.07. The van der Waals surface area contributed by atoms with Crippen LogP contribution in [0.2, 0.25) is 0 Å². The molecule has 1 aromatic rings. The molecule has 0 aliphatic rings. The molecular formula is C12H18BrN. The van der Waals surface area contributed by atoms with E-state index in [-0.39, 0.29) is 5.54 Å². The largest absolute Gasteiger partial charge is 0.325 e. The molecule has 1 aromatic carbocycles. The Morgan fingerprint density at radius 3 is 2.36 bits per heavy atom. The summed E-state index contributed by atoms with van der Waals surface area (Å²) in [6.07, 6.45) is 0.916. The number of hydrogen-bond acceptors (Lipinski definition) is 1. The van der Waals surface area contributed by atoms with E-state index < -0.39 is 0 Å². The predicted molar refractivity (Wildman–Crippen MR) is 65.6 cm³/mol. The van der Waals surface area contributed by atoms with Crippen LogP contribution in [0.4, 0.5) is 0 Å². The molecular weight excluding hydrogens is 238 g/mol. The van der Waals surface area contributed by atoms with E-state index >= 15 is 0 Å². The minimum Gasteiger partial charge on any atom is -0.325 e. The lowest BCUT2D eigenvalue weighted by molar-refractivity contribution is 0.515. The van der Waals surface area contributed by atoms with Crippen molar-refractivity contribution < 1.29 is 0 Å². The van der Waals surface area contributed by atoms with Gasteiger partial charge in [-0.1, -0.05) is 22.0 Å². The number of hydrogen-bond donors (Lipinski definition) is 1. The molecule has 0 fully saturated rings. The highest BCUT2D eigenvalue weighted by Crippen LogP contribution is 2.24. The third kappa shape index (κ3) is 3.10. The summed E-state index contributed by atoms with van der Waals surface area (Å²) in [6, 6.07) is 4.36. The zero-order valence-corrected chi connectivity index (χ0v) is 10.9. The summed E-state index contributed by atoms with van der Waals surface area (Å²) >= 11 is 3.56. The first kappa shape index (κ1) is 11.7. The van der Waals surface area contributed by atoms with Crippen molar-refractivity contribution in [3.8, 4) is 0 Å². The molecule has 0 amide bonds. The average Bonchev–Trinajstić information content (AvgIpc) is 1.96. The Hall–Kier alpha value is -0.340. The fraction of sp³-hybridized carbons (Fsp3) is 0.500. The minimum absolute atomic E-state index is 0.141. The summed E-state index contributed by atoms with van der Waals surface area (Å²) in [6.45, 7) is 8.35. The van der Waals surface area contributed by atoms with Crippen molar-refractivity contribution >= 4 is 15.9 Å². The maximum absolute atomic E-state index is 6.02. The van der Waals surface area contributed by atoms with E-state index in [4.69, 9.17) is 5.73 Å². The molecule has 0 atom stereocenters. The Kier molecular flexibility index (Phi) is 3.38. The second-order valence-corrected chi connectivity index (χ2v) is 5.55. The molecule has 14 heavy (non-hydrogen) atoms. The second-order valence-electron chi connectivity index (χ2n) is 4.70. The number of nitrogens with two attached hydrogens (primary N) is 1. The van der Waals surface area contributed by atoms with Crippen molar-refractivity contribution in [3.63, 3.8) is 0 Å². The van der Waals surface area contributed by atoms with Crippen molar-refractivity contribution in [2.75, 3.05) is 0 Å². The van der Waals surface area contributed by atoms with Crippen LogP contribution in [-0.2, 0) is 6.42 Å². The summed E-state index contributed by atoms with van der Waals surface area (Å²) in [4.78, 5) is 0.